The van der Waals surface area contributed by atoms with Crippen molar-refractivity contribution in [3.8, 4) is 11.8 Å². The summed E-state index contributed by atoms with van der Waals surface area (Å²) >= 11 is 0. The van der Waals surface area contributed by atoms with Gasteiger partial charge in [0.1, 0.15) is 12.3 Å². The van der Waals surface area contributed by atoms with E-state index in [-0.39, 0.29) is 25.1 Å². The minimum absolute atomic E-state index is 0.0299. The highest BCUT2D eigenvalue weighted by Gasteiger charge is 2.13. The maximum absolute atomic E-state index is 11.6. The number of ether oxygens (including phenoxy) is 1. The summed E-state index contributed by atoms with van der Waals surface area (Å²) in [5.41, 5.74) is 6.82. The van der Waals surface area contributed by atoms with Crippen LogP contribution in [0.25, 0.3) is 10.8 Å². The number of nitriles is 1. The van der Waals surface area contributed by atoms with Gasteiger partial charge < -0.3 is 15.8 Å². The Balaban J connectivity index is 2.29. The van der Waals surface area contributed by atoms with Crippen LogP contribution in [0, 0.1) is 11.3 Å². The van der Waals surface area contributed by atoms with Crippen LogP contribution in [-0.4, -0.2) is 19.1 Å². The third kappa shape index (κ3) is 3.50. The first-order chi connectivity index (χ1) is 10.1. The number of fused-ring (bicyclic) bond motifs is 1. The van der Waals surface area contributed by atoms with Gasteiger partial charge in [0.05, 0.1) is 6.07 Å². The van der Waals surface area contributed by atoms with Gasteiger partial charge in [-0.15, -0.1) is 0 Å². The molecule has 2 aromatic rings. The Bertz CT molecular complexity index is 689. The molecule has 2 aromatic carbocycles. The van der Waals surface area contributed by atoms with Crippen LogP contribution in [0.3, 0.4) is 0 Å². The van der Waals surface area contributed by atoms with Gasteiger partial charge in [-0.1, -0.05) is 36.4 Å². The second kappa shape index (κ2) is 6.73. The lowest BCUT2D eigenvalue weighted by atomic mass is 10.0. The molecular formula is C16H17N3O2. The van der Waals surface area contributed by atoms with E-state index in [1.54, 1.807) is 0 Å². The van der Waals surface area contributed by atoms with Gasteiger partial charge in [0.2, 0.25) is 0 Å². The molecule has 0 fully saturated rings. The maximum Gasteiger partial charge on any atom is 0.258 e. The van der Waals surface area contributed by atoms with E-state index in [2.05, 4.69) is 5.32 Å². The smallest absolute Gasteiger partial charge is 0.258 e. The topological polar surface area (TPSA) is 88.1 Å². The number of amides is 1. The highest BCUT2D eigenvalue weighted by molar-refractivity contribution is 5.90. The number of nitrogens with two attached hydrogens (primary N) is 1. The molecule has 0 aliphatic rings. The van der Waals surface area contributed by atoms with Gasteiger partial charge in [-0.3, -0.25) is 4.79 Å². The maximum atomic E-state index is 11.6. The largest absolute Gasteiger partial charge is 0.483 e. The van der Waals surface area contributed by atoms with E-state index < -0.39 is 0 Å². The molecule has 5 heteroatoms. The zero-order chi connectivity index (χ0) is 15.2. The van der Waals surface area contributed by atoms with Crippen molar-refractivity contribution in [1.82, 2.24) is 5.32 Å². The fourth-order valence-corrected chi connectivity index (χ4v) is 2.11. The number of carbonyl (C=O) groups is 1. The Morgan fingerprint density at radius 1 is 1.38 bits per heavy atom. The van der Waals surface area contributed by atoms with Crippen molar-refractivity contribution in [3.05, 3.63) is 42.0 Å². The molecule has 3 N–H and O–H groups in total. The highest BCUT2D eigenvalue weighted by atomic mass is 16.5. The number of nitrogens with zero attached hydrogens (tertiary/aromatic N) is 1. The molecule has 0 heterocycles. The molecular weight excluding hydrogens is 266 g/mol. The third-order valence-electron chi connectivity index (χ3n) is 3.11. The van der Waals surface area contributed by atoms with E-state index in [9.17, 15) is 4.79 Å². The number of carbonyl (C=O) groups excluding carboxylic acids is 1. The lowest BCUT2D eigenvalue weighted by Crippen LogP contribution is -2.29. The van der Waals surface area contributed by atoms with Crippen molar-refractivity contribution in [1.29, 1.82) is 5.26 Å². The van der Waals surface area contributed by atoms with Gasteiger partial charge in [0, 0.05) is 17.0 Å². The fraction of sp³-hybridized carbons (Fsp3) is 0.250. The molecule has 1 atom stereocenters. The lowest BCUT2D eigenvalue weighted by Gasteiger charge is -2.16. The summed E-state index contributed by atoms with van der Waals surface area (Å²) in [5, 5.41) is 12.8. The predicted octanol–water partition coefficient (Wildman–Crippen LogP) is 1.88. The number of rotatable bonds is 5. The lowest BCUT2D eigenvalue weighted by molar-refractivity contribution is -0.122. The van der Waals surface area contributed by atoms with Gasteiger partial charge in [0.15, 0.2) is 6.61 Å². The van der Waals surface area contributed by atoms with E-state index in [4.69, 9.17) is 15.7 Å². The van der Waals surface area contributed by atoms with Crippen molar-refractivity contribution in [3.63, 3.8) is 0 Å². The Hall–Kier alpha value is -2.58. The van der Waals surface area contributed by atoms with Crippen LogP contribution in [-0.2, 0) is 4.79 Å². The van der Waals surface area contributed by atoms with Crippen molar-refractivity contribution < 1.29 is 9.53 Å². The molecule has 0 spiro atoms. The van der Waals surface area contributed by atoms with Crippen molar-refractivity contribution in [2.45, 2.75) is 13.0 Å². The third-order valence-corrected chi connectivity index (χ3v) is 3.11. The van der Waals surface area contributed by atoms with E-state index in [0.717, 1.165) is 16.3 Å². The molecule has 0 saturated carbocycles. The first kappa shape index (κ1) is 14.8. The molecule has 2 rings (SSSR count). The van der Waals surface area contributed by atoms with Crippen LogP contribution in [0.1, 0.15) is 18.5 Å². The van der Waals surface area contributed by atoms with E-state index in [1.165, 1.54) is 0 Å². The molecule has 1 amide bonds. The Morgan fingerprint density at radius 3 is 2.86 bits per heavy atom. The van der Waals surface area contributed by atoms with Gasteiger partial charge in [0.25, 0.3) is 5.91 Å². The van der Waals surface area contributed by atoms with Gasteiger partial charge >= 0.3 is 0 Å². The van der Waals surface area contributed by atoms with Gasteiger partial charge in [-0.25, -0.2) is 0 Å². The average Bonchev–Trinajstić information content (AvgIpc) is 2.50. The van der Waals surface area contributed by atoms with Crippen LogP contribution in [0.2, 0.25) is 0 Å². The van der Waals surface area contributed by atoms with Crippen molar-refractivity contribution >= 4 is 16.7 Å². The average molecular weight is 283 g/mol. The molecule has 0 radical (unpaired) electrons. The minimum Gasteiger partial charge on any atom is -0.483 e. The second-order valence-electron chi connectivity index (χ2n) is 4.72. The van der Waals surface area contributed by atoms with Gasteiger partial charge in [-0.05, 0) is 12.3 Å². The second-order valence-corrected chi connectivity index (χ2v) is 4.72. The number of hydrogen-bond acceptors (Lipinski definition) is 4. The standard InChI is InChI=1S/C16H17N3O2/c1-11(18)13-7-6-12-4-2-3-5-14(12)16(13)21-10-15(20)19-9-8-17/h2-7,11H,9-10,18H2,1H3,(H,19,20). The van der Waals surface area contributed by atoms with E-state index >= 15 is 0 Å². The zero-order valence-electron chi connectivity index (χ0n) is 11.8. The van der Waals surface area contributed by atoms with Crippen LogP contribution in [0.4, 0.5) is 0 Å². The first-order valence-electron chi connectivity index (χ1n) is 6.67. The monoisotopic (exact) mass is 283 g/mol. The van der Waals surface area contributed by atoms with E-state index in [0.29, 0.717) is 5.75 Å². The van der Waals surface area contributed by atoms with E-state index in [1.807, 2.05) is 49.4 Å². The molecule has 0 saturated heterocycles. The molecule has 1 unspecified atom stereocenters. The molecule has 0 aliphatic carbocycles. The quantitative estimate of drug-likeness (QED) is 0.820. The summed E-state index contributed by atoms with van der Waals surface area (Å²) in [6, 6.07) is 13.3. The molecule has 0 aromatic heterocycles. The van der Waals surface area contributed by atoms with Crippen LogP contribution < -0.4 is 15.8 Å². The molecule has 5 nitrogen and oxygen atoms in total. The number of nitrogens with one attached hydrogen (secondary N) is 1. The Kier molecular flexibility index (Phi) is 4.75. The summed E-state index contributed by atoms with van der Waals surface area (Å²) in [7, 11) is 0. The highest BCUT2D eigenvalue weighted by Crippen LogP contribution is 2.32. The zero-order valence-corrected chi connectivity index (χ0v) is 11.8. The van der Waals surface area contributed by atoms with Gasteiger partial charge in [-0.2, -0.15) is 5.26 Å². The van der Waals surface area contributed by atoms with Crippen LogP contribution >= 0.6 is 0 Å². The summed E-state index contributed by atoms with van der Waals surface area (Å²) in [4.78, 5) is 11.6. The summed E-state index contributed by atoms with van der Waals surface area (Å²) in [6.45, 7) is 1.69. The van der Waals surface area contributed by atoms with Crippen molar-refractivity contribution in [2.24, 2.45) is 5.73 Å². The summed E-state index contributed by atoms with van der Waals surface area (Å²) in [5.74, 6) is 0.287. The molecule has 21 heavy (non-hydrogen) atoms. The SMILES string of the molecule is CC(N)c1ccc2ccccc2c1OCC(=O)NCC#N. The van der Waals surface area contributed by atoms with Crippen LogP contribution in [0.15, 0.2) is 36.4 Å². The van der Waals surface area contributed by atoms with Crippen molar-refractivity contribution in [2.75, 3.05) is 13.2 Å². The number of benzene rings is 2. The number of hydrogen-bond donors (Lipinski definition) is 2. The summed E-state index contributed by atoms with van der Waals surface area (Å²) < 4.78 is 5.67. The molecule has 0 bridgehead atoms. The first-order valence-corrected chi connectivity index (χ1v) is 6.67. The normalized spacial score (nSPS) is 11.7. The molecule has 0 aliphatic heterocycles. The minimum atomic E-state index is -0.333. The van der Waals surface area contributed by atoms with Crippen LogP contribution in [0.5, 0.6) is 5.75 Å². The molecule has 108 valence electrons. The fourth-order valence-electron chi connectivity index (χ4n) is 2.11. The Labute approximate surface area is 123 Å². The Morgan fingerprint density at radius 2 is 2.14 bits per heavy atom. The summed E-state index contributed by atoms with van der Waals surface area (Å²) in [6.07, 6.45) is 0. The predicted molar refractivity (Wildman–Crippen MR) is 80.7 cm³/mol.